The van der Waals surface area contributed by atoms with Crippen molar-refractivity contribution in [1.29, 1.82) is 0 Å². The second-order valence-electron chi connectivity index (χ2n) is 6.79. The van der Waals surface area contributed by atoms with E-state index in [0.29, 0.717) is 0 Å². The Balaban J connectivity index is 3.27. The predicted molar refractivity (Wildman–Crippen MR) is 109 cm³/mol. The number of hydrogen-bond donors (Lipinski definition) is 1. The molecular weight excluding hydrogens is 292 g/mol. The van der Waals surface area contributed by atoms with Crippen LogP contribution in [0.15, 0.2) is 36.5 Å². The van der Waals surface area contributed by atoms with E-state index in [9.17, 15) is 5.11 Å². The van der Waals surface area contributed by atoms with Gasteiger partial charge in [-0.2, -0.15) is 0 Å². The minimum absolute atomic E-state index is 0.0509. The van der Waals surface area contributed by atoms with Gasteiger partial charge in [-0.05, 0) is 44.9 Å². The molecule has 0 aromatic heterocycles. The summed E-state index contributed by atoms with van der Waals surface area (Å²) in [7, 11) is 0. The first-order valence-corrected chi connectivity index (χ1v) is 10.4. The average Bonchev–Trinajstić information content (AvgIpc) is 2.58. The summed E-state index contributed by atoms with van der Waals surface area (Å²) >= 11 is 0. The third kappa shape index (κ3) is 19.2. The Morgan fingerprint density at radius 1 is 0.625 bits per heavy atom. The van der Waals surface area contributed by atoms with Crippen LogP contribution in [0.5, 0.6) is 0 Å². The molecule has 0 aliphatic heterocycles. The Morgan fingerprint density at radius 3 is 1.83 bits per heavy atom. The zero-order valence-corrected chi connectivity index (χ0v) is 16.4. The molecule has 0 bridgehead atoms. The van der Waals surface area contributed by atoms with Gasteiger partial charge in [0.1, 0.15) is 0 Å². The van der Waals surface area contributed by atoms with Crippen LogP contribution in [-0.2, 0) is 0 Å². The van der Waals surface area contributed by atoms with Gasteiger partial charge >= 0.3 is 0 Å². The first-order chi connectivity index (χ1) is 11.8. The van der Waals surface area contributed by atoms with Crippen molar-refractivity contribution in [2.24, 2.45) is 0 Å². The highest BCUT2D eigenvalue weighted by Crippen LogP contribution is 2.12. The van der Waals surface area contributed by atoms with Crippen LogP contribution in [-0.4, -0.2) is 11.2 Å². The van der Waals surface area contributed by atoms with Gasteiger partial charge in [-0.3, -0.25) is 0 Å². The van der Waals surface area contributed by atoms with Gasteiger partial charge in [-0.15, -0.1) is 0 Å². The molecule has 1 heteroatoms. The van der Waals surface area contributed by atoms with Gasteiger partial charge in [0.25, 0.3) is 0 Å². The van der Waals surface area contributed by atoms with Crippen molar-refractivity contribution in [3.05, 3.63) is 36.5 Å². The third-order valence-corrected chi connectivity index (χ3v) is 4.33. The largest absolute Gasteiger partial charge is 0.393 e. The maximum Gasteiger partial charge on any atom is 0.0540 e. The van der Waals surface area contributed by atoms with Crippen LogP contribution >= 0.6 is 0 Å². The van der Waals surface area contributed by atoms with Crippen LogP contribution in [0.2, 0.25) is 0 Å². The highest BCUT2D eigenvalue weighted by molar-refractivity contribution is 4.96. The number of unbranched alkanes of at least 4 members (excludes halogenated alkanes) is 7. The van der Waals surface area contributed by atoms with E-state index >= 15 is 0 Å². The van der Waals surface area contributed by atoms with Crippen molar-refractivity contribution < 1.29 is 5.11 Å². The molecule has 1 nitrogen and oxygen atoms in total. The molecule has 24 heavy (non-hydrogen) atoms. The van der Waals surface area contributed by atoms with E-state index in [-0.39, 0.29) is 6.10 Å². The summed E-state index contributed by atoms with van der Waals surface area (Å²) in [6.07, 6.45) is 30.1. The number of allylic oxidation sites excluding steroid dienone is 6. The van der Waals surface area contributed by atoms with Crippen molar-refractivity contribution >= 4 is 0 Å². The molecule has 1 atom stereocenters. The van der Waals surface area contributed by atoms with E-state index in [4.69, 9.17) is 0 Å². The average molecular weight is 335 g/mol. The number of aliphatic hydroxyl groups is 1. The van der Waals surface area contributed by atoms with Gasteiger partial charge in [0.2, 0.25) is 0 Å². The minimum atomic E-state index is -0.0509. The lowest BCUT2D eigenvalue weighted by atomic mass is 10.0. The molecule has 0 heterocycles. The Kier molecular flexibility index (Phi) is 19.5. The quantitative estimate of drug-likeness (QED) is 0.215. The maximum atomic E-state index is 9.86. The molecule has 0 saturated heterocycles. The second kappa shape index (κ2) is 20.2. The molecule has 1 N–H and O–H groups in total. The molecule has 0 radical (unpaired) electrons. The summed E-state index contributed by atoms with van der Waals surface area (Å²) in [5.41, 5.74) is 0. The highest BCUT2D eigenvalue weighted by atomic mass is 16.3. The Hall–Kier alpha value is -0.820. The lowest BCUT2D eigenvalue weighted by Crippen LogP contribution is -2.05. The van der Waals surface area contributed by atoms with Crippen LogP contribution in [0.4, 0.5) is 0 Å². The lowest BCUT2D eigenvalue weighted by Gasteiger charge is -2.09. The van der Waals surface area contributed by atoms with Gasteiger partial charge in [-0.1, -0.05) is 95.2 Å². The van der Waals surface area contributed by atoms with Gasteiger partial charge in [0.05, 0.1) is 6.10 Å². The highest BCUT2D eigenvalue weighted by Gasteiger charge is 2.02. The molecule has 0 saturated carbocycles. The molecule has 0 rings (SSSR count). The van der Waals surface area contributed by atoms with Gasteiger partial charge in [0.15, 0.2) is 0 Å². The van der Waals surface area contributed by atoms with Crippen LogP contribution in [0, 0.1) is 0 Å². The van der Waals surface area contributed by atoms with Crippen molar-refractivity contribution in [3.8, 4) is 0 Å². The van der Waals surface area contributed by atoms with Crippen molar-refractivity contribution in [1.82, 2.24) is 0 Å². The summed E-state index contributed by atoms with van der Waals surface area (Å²) in [6.45, 7) is 4.38. The molecule has 0 fully saturated rings. The van der Waals surface area contributed by atoms with E-state index in [2.05, 4.69) is 50.3 Å². The van der Waals surface area contributed by atoms with E-state index in [1.807, 2.05) is 0 Å². The fraction of sp³-hybridized carbons (Fsp3) is 0.739. The van der Waals surface area contributed by atoms with E-state index < -0.39 is 0 Å². The molecule has 0 aromatic carbocycles. The maximum absolute atomic E-state index is 9.86. The summed E-state index contributed by atoms with van der Waals surface area (Å²) in [5.74, 6) is 0. The summed E-state index contributed by atoms with van der Waals surface area (Å²) in [6, 6.07) is 0. The topological polar surface area (TPSA) is 20.2 Å². The molecule has 0 amide bonds. The SMILES string of the molecule is CC/C=C/C/C=C\C/C=C\CCCCCCCC(O)CCCCC. The molecular formula is C23H42O. The normalized spacial score (nSPS) is 13.6. The van der Waals surface area contributed by atoms with E-state index in [1.165, 1.54) is 57.8 Å². The van der Waals surface area contributed by atoms with Crippen molar-refractivity contribution in [3.63, 3.8) is 0 Å². The van der Waals surface area contributed by atoms with E-state index in [1.54, 1.807) is 0 Å². The summed E-state index contributed by atoms with van der Waals surface area (Å²) in [5, 5.41) is 9.86. The van der Waals surface area contributed by atoms with Crippen molar-refractivity contribution in [2.45, 2.75) is 110 Å². The summed E-state index contributed by atoms with van der Waals surface area (Å²) in [4.78, 5) is 0. The lowest BCUT2D eigenvalue weighted by molar-refractivity contribution is 0.147. The number of rotatable bonds is 17. The smallest absolute Gasteiger partial charge is 0.0540 e. The van der Waals surface area contributed by atoms with E-state index in [0.717, 1.165) is 32.1 Å². The molecule has 0 aliphatic rings. The van der Waals surface area contributed by atoms with Crippen molar-refractivity contribution in [2.75, 3.05) is 0 Å². The molecule has 140 valence electrons. The molecule has 0 aliphatic carbocycles. The van der Waals surface area contributed by atoms with Crippen LogP contribution in [0.3, 0.4) is 0 Å². The summed E-state index contributed by atoms with van der Waals surface area (Å²) < 4.78 is 0. The third-order valence-electron chi connectivity index (χ3n) is 4.33. The fourth-order valence-corrected chi connectivity index (χ4v) is 2.77. The van der Waals surface area contributed by atoms with Gasteiger partial charge < -0.3 is 5.11 Å². The van der Waals surface area contributed by atoms with Crippen LogP contribution in [0.1, 0.15) is 104 Å². The zero-order valence-electron chi connectivity index (χ0n) is 16.4. The molecule has 0 spiro atoms. The second-order valence-corrected chi connectivity index (χ2v) is 6.79. The monoisotopic (exact) mass is 334 g/mol. The first-order valence-electron chi connectivity index (χ1n) is 10.4. The Bertz CT molecular complexity index is 314. The first kappa shape index (κ1) is 23.2. The fourth-order valence-electron chi connectivity index (χ4n) is 2.77. The molecule has 1 unspecified atom stereocenters. The zero-order chi connectivity index (χ0) is 17.7. The predicted octanol–water partition coefficient (Wildman–Crippen LogP) is 7.52. The standard InChI is InChI=1S/C23H42O/c1-3-5-7-8-9-10-11-12-13-14-15-16-17-18-20-22-23(24)21-19-6-4-2/h5,7,9-10,12-13,23-24H,3-4,6,8,11,14-22H2,1-2H3/b7-5+,10-9-,13-12-. The number of aliphatic hydroxyl groups excluding tert-OH is 1. The van der Waals surface area contributed by atoms with Crippen LogP contribution < -0.4 is 0 Å². The minimum Gasteiger partial charge on any atom is -0.393 e. The molecule has 0 aromatic rings. The van der Waals surface area contributed by atoms with Gasteiger partial charge in [0, 0.05) is 0 Å². The van der Waals surface area contributed by atoms with Crippen LogP contribution in [0.25, 0.3) is 0 Å². The number of hydrogen-bond acceptors (Lipinski definition) is 1. The van der Waals surface area contributed by atoms with Gasteiger partial charge in [-0.25, -0.2) is 0 Å². The Morgan fingerprint density at radius 2 is 1.17 bits per heavy atom. The Labute approximate surface area is 151 Å².